The van der Waals surface area contributed by atoms with Crippen molar-refractivity contribution in [1.82, 2.24) is 9.62 Å². The van der Waals surface area contributed by atoms with Gasteiger partial charge in [-0.15, -0.1) is 0 Å². The molecule has 1 aliphatic rings. The molecule has 0 saturated carbocycles. The highest BCUT2D eigenvalue weighted by molar-refractivity contribution is 9.10. The third-order valence-corrected chi connectivity index (χ3v) is 8.12. The zero-order valence-electron chi connectivity index (χ0n) is 17.7. The maximum absolute atomic E-state index is 12.8. The molecule has 3 rings (SSSR count). The summed E-state index contributed by atoms with van der Waals surface area (Å²) in [4.78, 5) is 12.8. The van der Waals surface area contributed by atoms with Crippen molar-refractivity contribution in [1.29, 1.82) is 0 Å². The van der Waals surface area contributed by atoms with E-state index >= 15 is 0 Å². The lowest BCUT2D eigenvalue weighted by Crippen LogP contribution is -2.43. The van der Waals surface area contributed by atoms with Crippen molar-refractivity contribution >= 4 is 31.9 Å². The molecule has 1 aliphatic heterocycles. The number of rotatable bonds is 6. The molecule has 1 saturated heterocycles. The third-order valence-electron chi connectivity index (χ3n) is 5.74. The number of nitrogens with zero attached hydrogens (tertiary/aromatic N) is 1. The van der Waals surface area contributed by atoms with E-state index in [0.717, 1.165) is 21.2 Å². The second kappa shape index (κ2) is 9.62. The van der Waals surface area contributed by atoms with Crippen LogP contribution < -0.4 is 5.32 Å². The number of sulfonamides is 1. The fraction of sp³-hybridized carbons (Fsp3) is 0.435. The first kappa shape index (κ1) is 23.0. The van der Waals surface area contributed by atoms with E-state index in [2.05, 4.69) is 39.4 Å². The minimum absolute atomic E-state index is 0.00774. The van der Waals surface area contributed by atoms with Crippen LogP contribution >= 0.6 is 15.9 Å². The molecule has 0 aliphatic carbocycles. The number of carbonyl (C=O) groups excluding carboxylic acids is 1. The summed E-state index contributed by atoms with van der Waals surface area (Å²) in [5, 5.41) is 3.12. The fourth-order valence-corrected chi connectivity index (χ4v) is 5.74. The molecule has 2 aromatic carbocycles. The predicted octanol–water partition coefficient (Wildman–Crippen LogP) is 4.49. The molecule has 1 amide bonds. The topological polar surface area (TPSA) is 66.5 Å². The number of benzene rings is 2. The van der Waals surface area contributed by atoms with E-state index in [1.165, 1.54) is 9.87 Å². The monoisotopic (exact) mass is 492 g/mol. The van der Waals surface area contributed by atoms with Crippen LogP contribution in [0.15, 0.2) is 46.9 Å². The number of hydrogen-bond acceptors (Lipinski definition) is 3. The quantitative estimate of drug-likeness (QED) is 0.645. The van der Waals surface area contributed by atoms with Crippen LogP contribution in [0.3, 0.4) is 0 Å². The zero-order chi connectivity index (χ0) is 21.9. The molecule has 7 heteroatoms. The second-order valence-corrected chi connectivity index (χ2v) is 11.0. The van der Waals surface area contributed by atoms with Gasteiger partial charge in [-0.2, -0.15) is 0 Å². The van der Waals surface area contributed by atoms with E-state index in [-0.39, 0.29) is 23.6 Å². The van der Waals surface area contributed by atoms with Gasteiger partial charge >= 0.3 is 0 Å². The first-order valence-corrected chi connectivity index (χ1v) is 12.7. The molecule has 30 heavy (non-hydrogen) atoms. The lowest BCUT2D eigenvalue weighted by atomic mass is 9.95. The highest BCUT2D eigenvalue weighted by atomic mass is 79.9. The van der Waals surface area contributed by atoms with Crippen LogP contribution in [-0.2, 0) is 20.6 Å². The smallest absolute Gasteiger partial charge is 0.223 e. The normalized spacial score (nSPS) is 16.9. The first-order valence-electron chi connectivity index (χ1n) is 10.3. The summed E-state index contributed by atoms with van der Waals surface area (Å²) in [6.45, 7) is 6.86. The Kier molecular flexibility index (Phi) is 7.37. The number of aryl methyl sites for hydroxylation is 2. The van der Waals surface area contributed by atoms with E-state index in [9.17, 15) is 13.2 Å². The summed E-state index contributed by atoms with van der Waals surface area (Å²) < 4.78 is 28.0. The average Bonchev–Trinajstić information content (AvgIpc) is 2.71. The number of amides is 1. The van der Waals surface area contributed by atoms with Crippen LogP contribution in [0, 0.1) is 19.8 Å². The standard InChI is InChI=1S/C23H29BrN2O3S/c1-16-4-5-17(2)22(14-16)18(3)25-23(27)20-10-12-26(13-11-20)30(28,29)15-19-6-8-21(24)9-7-19/h4-9,14,18,20H,10-13,15H2,1-3H3,(H,25,27)/t18-/m1/s1. The van der Waals surface area contributed by atoms with Gasteiger partial charge in [0.15, 0.2) is 0 Å². The Morgan fingerprint density at radius 3 is 2.40 bits per heavy atom. The van der Waals surface area contributed by atoms with Crippen LogP contribution in [0.4, 0.5) is 0 Å². The second-order valence-electron chi connectivity index (χ2n) is 8.15. The van der Waals surface area contributed by atoms with E-state index in [1.54, 1.807) is 0 Å². The zero-order valence-corrected chi connectivity index (χ0v) is 20.1. The molecular weight excluding hydrogens is 464 g/mol. The highest BCUT2D eigenvalue weighted by Crippen LogP contribution is 2.24. The molecule has 1 atom stereocenters. The number of hydrogen-bond donors (Lipinski definition) is 1. The van der Waals surface area contributed by atoms with Crippen LogP contribution in [0.25, 0.3) is 0 Å². The molecule has 0 unspecified atom stereocenters. The number of piperidine rings is 1. The Bertz CT molecular complexity index is 998. The van der Waals surface area contributed by atoms with Gasteiger partial charge in [0.1, 0.15) is 0 Å². The molecule has 0 bridgehead atoms. The lowest BCUT2D eigenvalue weighted by Gasteiger charge is -2.31. The SMILES string of the molecule is Cc1ccc(C)c([C@@H](C)NC(=O)C2CCN(S(=O)(=O)Cc3ccc(Br)cc3)CC2)c1. The van der Waals surface area contributed by atoms with Gasteiger partial charge in [0.05, 0.1) is 11.8 Å². The summed E-state index contributed by atoms with van der Waals surface area (Å²) in [5.74, 6) is -0.161. The molecule has 2 aromatic rings. The number of halogens is 1. The van der Waals surface area contributed by atoms with Crippen molar-refractivity contribution in [3.05, 3.63) is 69.2 Å². The van der Waals surface area contributed by atoms with Gasteiger partial charge in [-0.3, -0.25) is 4.79 Å². The Labute approximate surface area is 188 Å². The van der Waals surface area contributed by atoms with Crippen molar-refractivity contribution < 1.29 is 13.2 Å². The van der Waals surface area contributed by atoms with Crippen LogP contribution in [0.5, 0.6) is 0 Å². The fourth-order valence-electron chi connectivity index (χ4n) is 3.91. The molecule has 5 nitrogen and oxygen atoms in total. The Morgan fingerprint density at radius 2 is 1.77 bits per heavy atom. The van der Waals surface area contributed by atoms with Crippen molar-refractivity contribution in [2.24, 2.45) is 5.92 Å². The summed E-state index contributed by atoms with van der Waals surface area (Å²) >= 11 is 3.36. The van der Waals surface area contributed by atoms with Gasteiger partial charge in [0.25, 0.3) is 0 Å². The van der Waals surface area contributed by atoms with Crippen molar-refractivity contribution in [2.75, 3.05) is 13.1 Å². The Morgan fingerprint density at radius 1 is 1.13 bits per heavy atom. The van der Waals surface area contributed by atoms with Crippen LogP contribution in [0.1, 0.15) is 48.1 Å². The average molecular weight is 493 g/mol. The summed E-state index contributed by atoms with van der Waals surface area (Å²) in [5.41, 5.74) is 4.21. The van der Waals surface area contributed by atoms with Crippen molar-refractivity contribution in [2.45, 2.75) is 45.4 Å². The van der Waals surface area contributed by atoms with E-state index in [4.69, 9.17) is 0 Å². The van der Waals surface area contributed by atoms with Gasteiger partial charge in [0, 0.05) is 23.5 Å². The first-order chi connectivity index (χ1) is 14.2. The van der Waals surface area contributed by atoms with E-state index < -0.39 is 10.0 Å². The molecule has 0 spiro atoms. The van der Waals surface area contributed by atoms with Gasteiger partial charge in [-0.05, 0) is 62.4 Å². The van der Waals surface area contributed by atoms with Gasteiger partial charge in [-0.25, -0.2) is 12.7 Å². The Balaban J connectivity index is 1.56. The molecular formula is C23H29BrN2O3S. The minimum Gasteiger partial charge on any atom is -0.349 e. The van der Waals surface area contributed by atoms with Crippen LogP contribution in [0.2, 0.25) is 0 Å². The molecule has 0 radical (unpaired) electrons. The number of nitrogens with one attached hydrogen (secondary N) is 1. The molecule has 162 valence electrons. The summed E-state index contributed by atoms with van der Waals surface area (Å²) in [6, 6.07) is 13.5. The van der Waals surface area contributed by atoms with Gasteiger partial charge in [0.2, 0.25) is 15.9 Å². The summed E-state index contributed by atoms with van der Waals surface area (Å²) in [7, 11) is -3.39. The number of carbonyl (C=O) groups is 1. The lowest BCUT2D eigenvalue weighted by molar-refractivity contribution is -0.126. The maximum atomic E-state index is 12.8. The molecule has 1 fully saturated rings. The molecule has 1 heterocycles. The summed E-state index contributed by atoms with van der Waals surface area (Å²) in [6.07, 6.45) is 1.09. The Hall–Kier alpha value is -1.70. The maximum Gasteiger partial charge on any atom is 0.223 e. The molecule has 1 N–H and O–H groups in total. The molecule has 0 aromatic heterocycles. The van der Waals surface area contributed by atoms with Gasteiger partial charge in [-0.1, -0.05) is 51.8 Å². The highest BCUT2D eigenvalue weighted by Gasteiger charge is 2.31. The van der Waals surface area contributed by atoms with Crippen LogP contribution in [-0.4, -0.2) is 31.7 Å². The van der Waals surface area contributed by atoms with Gasteiger partial charge < -0.3 is 5.32 Å². The van der Waals surface area contributed by atoms with E-state index in [0.29, 0.717) is 25.9 Å². The third kappa shape index (κ3) is 5.71. The minimum atomic E-state index is -3.39. The van der Waals surface area contributed by atoms with Crippen molar-refractivity contribution in [3.8, 4) is 0 Å². The van der Waals surface area contributed by atoms with E-state index in [1.807, 2.05) is 45.0 Å². The predicted molar refractivity (Wildman–Crippen MR) is 124 cm³/mol. The van der Waals surface area contributed by atoms with Crippen molar-refractivity contribution in [3.63, 3.8) is 0 Å². The largest absolute Gasteiger partial charge is 0.349 e.